The summed E-state index contributed by atoms with van der Waals surface area (Å²) in [6, 6.07) is 0. The Morgan fingerprint density at radius 1 is 1.07 bits per heavy atom. The first kappa shape index (κ1) is 12.7. The van der Waals surface area contributed by atoms with Crippen LogP contribution in [0.5, 0.6) is 0 Å². The van der Waals surface area contributed by atoms with Gasteiger partial charge in [-0.15, -0.1) is 0 Å². The van der Waals surface area contributed by atoms with E-state index in [4.69, 9.17) is 0 Å². The zero-order chi connectivity index (χ0) is 11.1. The van der Waals surface area contributed by atoms with Gasteiger partial charge in [-0.3, -0.25) is 0 Å². The van der Waals surface area contributed by atoms with Gasteiger partial charge < -0.3 is 19.8 Å². The first-order valence-corrected chi connectivity index (χ1v) is 4.63. The van der Waals surface area contributed by atoms with Crippen LogP contribution in [0.15, 0.2) is 11.1 Å². The molecule has 0 bridgehead atoms. The quantitative estimate of drug-likeness (QED) is 0.421. The second-order valence-corrected chi connectivity index (χ2v) is 3.14. The van der Waals surface area contributed by atoms with Gasteiger partial charge in [-0.1, -0.05) is 19.8 Å². The van der Waals surface area contributed by atoms with Gasteiger partial charge in [0.25, 0.3) is 0 Å². The Morgan fingerprint density at radius 2 is 1.64 bits per heavy atom. The molecule has 0 rings (SSSR count). The van der Waals surface area contributed by atoms with Gasteiger partial charge in [-0.25, -0.2) is 0 Å². The van der Waals surface area contributed by atoms with Gasteiger partial charge in [0.2, 0.25) is 0 Å². The van der Waals surface area contributed by atoms with Crippen molar-refractivity contribution in [3.05, 3.63) is 11.1 Å². The molecule has 80 valence electrons. The number of hydrogen-bond acceptors (Lipinski definition) is 4. The number of hydrogen-bond donors (Lipinski definition) is 0. The fraction of sp³-hybridized carbons (Fsp3) is 0.600. The number of carbonyl (C=O) groups is 2. The Morgan fingerprint density at radius 3 is 2.00 bits per heavy atom. The Hall–Kier alpha value is -1.32. The molecular weight excluding hydrogens is 184 g/mol. The molecule has 0 amide bonds. The third-order valence-electron chi connectivity index (χ3n) is 2.04. The van der Waals surface area contributed by atoms with Crippen molar-refractivity contribution in [1.29, 1.82) is 0 Å². The average Bonchev–Trinajstić information content (AvgIpc) is 2.10. The lowest BCUT2D eigenvalue weighted by Crippen LogP contribution is -2.31. The predicted molar refractivity (Wildman–Crippen MR) is 46.9 cm³/mol. The SMILES string of the molecule is CCCCC/C(C(=O)[O-])=C(\C)C(=O)[O-]. The molecule has 0 aromatic rings. The van der Waals surface area contributed by atoms with Crippen LogP contribution in [0.3, 0.4) is 0 Å². The van der Waals surface area contributed by atoms with E-state index >= 15 is 0 Å². The van der Waals surface area contributed by atoms with E-state index in [1.807, 2.05) is 6.92 Å². The molecule has 0 unspecified atom stereocenters. The number of rotatable bonds is 6. The Bertz CT molecular complexity index is 253. The van der Waals surface area contributed by atoms with E-state index in [1.165, 1.54) is 6.92 Å². The van der Waals surface area contributed by atoms with Gasteiger partial charge in [-0.2, -0.15) is 0 Å². The Labute approximate surface area is 83.2 Å². The van der Waals surface area contributed by atoms with E-state index in [0.29, 0.717) is 6.42 Å². The van der Waals surface area contributed by atoms with Crippen molar-refractivity contribution >= 4 is 11.9 Å². The number of carboxylic acid groups (broad SMARTS) is 2. The van der Waals surface area contributed by atoms with Crippen LogP contribution in [-0.2, 0) is 9.59 Å². The summed E-state index contributed by atoms with van der Waals surface area (Å²) in [4.78, 5) is 21.0. The van der Waals surface area contributed by atoms with Crippen LogP contribution in [0.1, 0.15) is 39.5 Å². The van der Waals surface area contributed by atoms with Crippen LogP contribution in [0, 0.1) is 0 Å². The maximum atomic E-state index is 10.6. The van der Waals surface area contributed by atoms with Crippen molar-refractivity contribution in [2.24, 2.45) is 0 Å². The summed E-state index contributed by atoms with van der Waals surface area (Å²) in [5.41, 5.74) is -0.389. The second kappa shape index (κ2) is 6.18. The molecule has 0 saturated heterocycles. The standard InChI is InChI=1S/C10H16O4/c1-3-4-5-6-8(10(13)14)7(2)9(11)12/h3-6H2,1-2H3,(H,11,12)(H,13,14)/p-2/b8-7-. The first-order chi connectivity index (χ1) is 6.50. The normalized spacial score (nSPS) is 12.1. The van der Waals surface area contributed by atoms with E-state index < -0.39 is 11.9 Å². The third kappa shape index (κ3) is 4.07. The highest BCUT2D eigenvalue weighted by atomic mass is 16.4. The van der Waals surface area contributed by atoms with Crippen LogP contribution in [-0.4, -0.2) is 11.9 Å². The maximum Gasteiger partial charge on any atom is 0.0678 e. The highest BCUT2D eigenvalue weighted by Crippen LogP contribution is 2.12. The molecule has 4 heteroatoms. The van der Waals surface area contributed by atoms with Gasteiger partial charge in [0.05, 0.1) is 11.9 Å². The highest BCUT2D eigenvalue weighted by Gasteiger charge is 2.04. The topological polar surface area (TPSA) is 80.3 Å². The first-order valence-electron chi connectivity index (χ1n) is 4.63. The molecule has 0 aliphatic carbocycles. The van der Waals surface area contributed by atoms with Gasteiger partial charge in [0.1, 0.15) is 0 Å². The van der Waals surface area contributed by atoms with E-state index in [1.54, 1.807) is 0 Å². The van der Waals surface area contributed by atoms with Crippen LogP contribution >= 0.6 is 0 Å². The van der Waals surface area contributed by atoms with E-state index in [0.717, 1.165) is 12.8 Å². The molecule has 0 aliphatic heterocycles. The molecule has 0 atom stereocenters. The minimum absolute atomic E-state index is 0.154. The van der Waals surface area contributed by atoms with Crippen LogP contribution in [0.25, 0.3) is 0 Å². The van der Waals surface area contributed by atoms with E-state index in [-0.39, 0.29) is 17.6 Å². The third-order valence-corrected chi connectivity index (χ3v) is 2.04. The molecule has 0 heterocycles. The van der Waals surface area contributed by atoms with Gasteiger partial charge in [-0.05, 0) is 30.9 Å². The summed E-state index contributed by atoms with van der Waals surface area (Å²) in [6.07, 6.45) is 2.71. The molecule has 14 heavy (non-hydrogen) atoms. The predicted octanol–water partition coefficient (Wildman–Crippen LogP) is -0.617. The van der Waals surface area contributed by atoms with E-state index in [2.05, 4.69) is 0 Å². The molecule has 0 aromatic heterocycles. The monoisotopic (exact) mass is 198 g/mol. The van der Waals surface area contributed by atoms with Crippen LogP contribution < -0.4 is 10.2 Å². The largest absolute Gasteiger partial charge is 0.545 e. The number of aliphatic carboxylic acids is 2. The van der Waals surface area contributed by atoms with Gasteiger partial charge in [0, 0.05) is 0 Å². The minimum Gasteiger partial charge on any atom is -0.545 e. The average molecular weight is 198 g/mol. The van der Waals surface area contributed by atoms with Crippen molar-refractivity contribution in [2.45, 2.75) is 39.5 Å². The molecule has 4 nitrogen and oxygen atoms in total. The summed E-state index contributed by atoms with van der Waals surface area (Å²) in [6.45, 7) is 3.21. The fourth-order valence-corrected chi connectivity index (χ4v) is 1.12. The van der Waals surface area contributed by atoms with Crippen molar-refractivity contribution in [1.82, 2.24) is 0 Å². The van der Waals surface area contributed by atoms with Crippen molar-refractivity contribution < 1.29 is 19.8 Å². The smallest absolute Gasteiger partial charge is 0.0678 e. The summed E-state index contributed by atoms with van der Waals surface area (Å²) in [7, 11) is 0. The molecule has 0 radical (unpaired) electrons. The maximum absolute atomic E-state index is 10.6. The van der Waals surface area contributed by atoms with Crippen LogP contribution in [0.4, 0.5) is 0 Å². The molecule has 0 saturated carbocycles. The number of carboxylic acids is 2. The number of unbranched alkanes of at least 4 members (excludes halogenated alkanes) is 2. The van der Waals surface area contributed by atoms with Crippen molar-refractivity contribution in [3.8, 4) is 0 Å². The highest BCUT2D eigenvalue weighted by molar-refractivity contribution is 5.96. The second-order valence-electron chi connectivity index (χ2n) is 3.14. The molecule has 0 aromatic carbocycles. The lowest BCUT2D eigenvalue weighted by Gasteiger charge is -2.13. The Kier molecular flexibility index (Phi) is 5.60. The van der Waals surface area contributed by atoms with Crippen LogP contribution in [0.2, 0.25) is 0 Å². The fourth-order valence-electron chi connectivity index (χ4n) is 1.12. The van der Waals surface area contributed by atoms with Crippen molar-refractivity contribution in [2.75, 3.05) is 0 Å². The molecule has 0 N–H and O–H groups in total. The zero-order valence-electron chi connectivity index (χ0n) is 8.46. The summed E-state index contributed by atoms with van der Waals surface area (Å²) >= 11 is 0. The summed E-state index contributed by atoms with van der Waals surface area (Å²) in [5, 5.41) is 21.0. The molecule has 0 fully saturated rings. The lowest BCUT2D eigenvalue weighted by molar-refractivity contribution is -0.304. The minimum atomic E-state index is -1.44. The number of carbonyl (C=O) groups excluding carboxylic acids is 2. The van der Waals surface area contributed by atoms with Crippen molar-refractivity contribution in [3.63, 3.8) is 0 Å². The van der Waals surface area contributed by atoms with Gasteiger partial charge in [0.15, 0.2) is 0 Å². The lowest BCUT2D eigenvalue weighted by atomic mass is 10.0. The molecule has 0 spiro atoms. The van der Waals surface area contributed by atoms with Gasteiger partial charge >= 0.3 is 0 Å². The molecular formula is C10H14O4-2. The summed E-state index contributed by atoms with van der Waals surface area (Å²) < 4.78 is 0. The summed E-state index contributed by atoms with van der Waals surface area (Å²) in [5.74, 6) is -2.86. The zero-order valence-corrected chi connectivity index (χ0v) is 8.46. The van der Waals surface area contributed by atoms with E-state index in [9.17, 15) is 19.8 Å². The molecule has 0 aliphatic rings. The Balaban J connectivity index is 4.52.